The molecule has 1 aliphatic rings. The highest BCUT2D eigenvalue weighted by Gasteiger charge is 2.36. The molecule has 0 spiro atoms. The molecule has 0 aromatic carbocycles. The third kappa shape index (κ3) is 6.64. The number of ether oxygens (including phenoxy) is 3. The molecule has 0 aromatic heterocycles. The van der Waals surface area contributed by atoms with Crippen molar-refractivity contribution in [1.82, 2.24) is 0 Å². The summed E-state index contributed by atoms with van der Waals surface area (Å²) in [6.45, 7) is 9.81. The Hall–Kier alpha value is -0.160. The molecule has 21 heavy (non-hydrogen) atoms. The fourth-order valence-corrected chi connectivity index (χ4v) is 2.98. The Kier molecular flexibility index (Phi) is 8.79. The Balaban J connectivity index is 2.23. The van der Waals surface area contributed by atoms with E-state index in [1.807, 2.05) is 0 Å². The summed E-state index contributed by atoms with van der Waals surface area (Å²) in [6.07, 6.45) is 5.79. The molecule has 1 saturated carbocycles. The Bertz CT molecular complexity index is 271. The molecule has 0 amide bonds. The average molecular weight is 301 g/mol. The smallest absolute Gasteiger partial charge is 0.0728 e. The van der Waals surface area contributed by atoms with Gasteiger partial charge in [0.2, 0.25) is 0 Å². The van der Waals surface area contributed by atoms with Crippen LogP contribution in [0.5, 0.6) is 0 Å². The molecule has 0 heterocycles. The van der Waals surface area contributed by atoms with Crippen molar-refractivity contribution >= 4 is 0 Å². The fourth-order valence-electron chi connectivity index (χ4n) is 2.98. The number of nitrogens with two attached hydrogens (primary N) is 1. The summed E-state index contributed by atoms with van der Waals surface area (Å²) in [7, 11) is 1.69. The maximum atomic E-state index is 6.23. The number of hydrogen-bond acceptors (Lipinski definition) is 4. The molecule has 0 aromatic rings. The van der Waals surface area contributed by atoms with Gasteiger partial charge in [0, 0.05) is 26.4 Å². The molecule has 0 bridgehead atoms. The van der Waals surface area contributed by atoms with Crippen LogP contribution in [0.25, 0.3) is 0 Å². The normalized spacial score (nSPS) is 27.0. The third-order valence-electron chi connectivity index (χ3n) is 5.06. The van der Waals surface area contributed by atoms with Gasteiger partial charge in [-0.3, -0.25) is 0 Å². The molecule has 4 heteroatoms. The highest BCUT2D eigenvalue weighted by Crippen LogP contribution is 2.40. The Morgan fingerprint density at radius 2 is 1.86 bits per heavy atom. The van der Waals surface area contributed by atoms with Crippen LogP contribution in [-0.4, -0.2) is 45.7 Å². The minimum absolute atomic E-state index is 0.198. The Morgan fingerprint density at radius 3 is 2.52 bits per heavy atom. The van der Waals surface area contributed by atoms with Crippen LogP contribution in [0.2, 0.25) is 0 Å². The third-order valence-corrected chi connectivity index (χ3v) is 5.06. The van der Waals surface area contributed by atoms with Crippen LogP contribution in [0, 0.1) is 11.3 Å². The van der Waals surface area contributed by atoms with Crippen molar-refractivity contribution in [2.75, 3.05) is 33.5 Å². The van der Waals surface area contributed by atoms with Crippen molar-refractivity contribution in [3.8, 4) is 0 Å². The monoisotopic (exact) mass is 301 g/mol. The van der Waals surface area contributed by atoms with Gasteiger partial charge < -0.3 is 19.9 Å². The summed E-state index contributed by atoms with van der Waals surface area (Å²) in [5, 5.41) is 0. The molecule has 1 fully saturated rings. The molecule has 4 nitrogen and oxygen atoms in total. The zero-order valence-corrected chi connectivity index (χ0v) is 14.4. The largest absolute Gasteiger partial charge is 0.382 e. The van der Waals surface area contributed by atoms with E-state index in [4.69, 9.17) is 19.9 Å². The van der Waals surface area contributed by atoms with Crippen LogP contribution in [-0.2, 0) is 14.2 Å². The highest BCUT2D eigenvalue weighted by molar-refractivity contribution is 4.89. The van der Waals surface area contributed by atoms with Gasteiger partial charge in [0.1, 0.15) is 0 Å². The first-order valence-electron chi connectivity index (χ1n) is 8.45. The minimum atomic E-state index is 0.198. The standard InChI is InChI=1S/C17H35NO3/c1-5-17(2,3)14-7-8-15(18)16(13-14)21-10-6-9-20-12-11-19-4/h14-16H,5-13,18H2,1-4H3. The maximum Gasteiger partial charge on any atom is 0.0728 e. The van der Waals surface area contributed by atoms with Gasteiger partial charge in [-0.15, -0.1) is 0 Å². The summed E-state index contributed by atoms with van der Waals surface area (Å²) in [4.78, 5) is 0. The average Bonchev–Trinajstić information content (AvgIpc) is 2.47. The van der Waals surface area contributed by atoms with Crippen LogP contribution in [0.15, 0.2) is 0 Å². The quantitative estimate of drug-likeness (QED) is 0.630. The molecule has 0 saturated heterocycles. The SMILES string of the molecule is CCC(C)(C)C1CCC(N)C(OCCCOCCOC)C1. The van der Waals surface area contributed by atoms with Crippen molar-refractivity contribution in [2.45, 2.75) is 65.0 Å². The van der Waals surface area contributed by atoms with Crippen LogP contribution in [0.1, 0.15) is 52.9 Å². The van der Waals surface area contributed by atoms with Crippen molar-refractivity contribution in [2.24, 2.45) is 17.1 Å². The van der Waals surface area contributed by atoms with Crippen molar-refractivity contribution in [1.29, 1.82) is 0 Å². The zero-order chi connectivity index (χ0) is 15.7. The lowest BCUT2D eigenvalue weighted by Gasteiger charge is -2.41. The molecule has 0 aliphatic heterocycles. The van der Waals surface area contributed by atoms with Gasteiger partial charge in [-0.05, 0) is 37.0 Å². The zero-order valence-electron chi connectivity index (χ0n) is 14.4. The van der Waals surface area contributed by atoms with Gasteiger partial charge in [-0.2, -0.15) is 0 Å². The fraction of sp³-hybridized carbons (Fsp3) is 1.00. The second-order valence-electron chi connectivity index (χ2n) is 6.88. The summed E-state index contributed by atoms with van der Waals surface area (Å²) in [5.41, 5.74) is 6.63. The molecule has 3 atom stereocenters. The second kappa shape index (κ2) is 9.78. The first-order chi connectivity index (χ1) is 10.0. The van der Waals surface area contributed by atoms with E-state index in [1.54, 1.807) is 7.11 Å². The lowest BCUT2D eigenvalue weighted by atomic mass is 9.68. The Morgan fingerprint density at radius 1 is 1.10 bits per heavy atom. The summed E-state index contributed by atoms with van der Waals surface area (Å²) >= 11 is 0. The van der Waals surface area contributed by atoms with Gasteiger partial charge in [0.15, 0.2) is 0 Å². The van der Waals surface area contributed by atoms with Gasteiger partial charge in [-0.1, -0.05) is 27.2 Å². The molecule has 1 rings (SSSR count). The van der Waals surface area contributed by atoms with Gasteiger partial charge in [-0.25, -0.2) is 0 Å². The first-order valence-corrected chi connectivity index (χ1v) is 8.45. The van der Waals surface area contributed by atoms with Gasteiger partial charge >= 0.3 is 0 Å². The second-order valence-corrected chi connectivity index (χ2v) is 6.88. The van der Waals surface area contributed by atoms with E-state index in [2.05, 4.69) is 20.8 Å². The van der Waals surface area contributed by atoms with Crippen LogP contribution in [0.3, 0.4) is 0 Å². The van der Waals surface area contributed by atoms with E-state index in [0.29, 0.717) is 18.6 Å². The molecule has 3 unspecified atom stereocenters. The summed E-state index contributed by atoms with van der Waals surface area (Å²) < 4.78 is 16.4. The van der Waals surface area contributed by atoms with E-state index in [1.165, 1.54) is 12.8 Å². The summed E-state index contributed by atoms with van der Waals surface area (Å²) in [6, 6.07) is 0.198. The van der Waals surface area contributed by atoms with E-state index < -0.39 is 0 Å². The van der Waals surface area contributed by atoms with E-state index in [-0.39, 0.29) is 12.1 Å². The van der Waals surface area contributed by atoms with E-state index in [9.17, 15) is 0 Å². The predicted molar refractivity (Wildman–Crippen MR) is 86.4 cm³/mol. The maximum absolute atomic E-state index is 6.23. The predicted octanol–water partition coefficient (Wildman–Crippen LogP) is 2.99. The van der Waals surface area contributed by atoms with Crippen LogP contribution in [0.4, 0.5) is 0 Å². The molecule has 126 valence electrons. The lowest BCUT2D eigenvalue weighted by molar-refractivity contribution is -0.0307. The van der Waals surface area contributed by atoms with E-state index >= 15 is 0 Å². The topological polar surface area (TPSA) is 53.7 Å². The molecule has 1 aliphatic carbocycles. The van der Waals surface area contributed by atoms with Crippen LogP contribution >= 0.6 is 0 Å². The highest BCUT2D eigenvalue weighted by atomic mass is 16.5. The van der Waals surface area contributed by atoms with Crippen molar-refractivity contribution < 1.29 is 14.2 Å². The molecular weight excluding hydrogens is 266 g/mol. The minimum Gasteiger partial charge on any atom is -0.382 e. The number of hydrogen-bond donors (Lipinski definition) is 1. The number of rotatable bonds is 10. The summed E-state index contributed by atoms with van der Waals surface area (Å²) in [5.74, 6) is 0.727. The van der Waals surface area contributed by atoms with Crippen molar-refractivity contribution in [3.05, 3.63) is 0 Å². The van der Waals surface area contributed by atoms with Crippen molar-refractivity contribution in [3.63, 3.8) is 0 Å². The van der Waals surface area contributed by atoms with E-state index in [0.717, 1.165) is 38.4 Å². The molecule has 0 radical (unpaired) electrons. The van der Waals surface area contributed by atoms with Gasteiger partial charge in [0.25, 0.3) is 0 Å². The lowest BCUT2D eigenvalue weighted by Crippen LogP contribution is -2.45. The first kappa shape index (κ1) is 18.9. The van der Waals surface area contributed by atoms with Gasteiger partial charge in [0.05, 0.1) is 19.3 Å². The van der Waals surface area contributed by atoms with Crippen LogP contribution < -0.4 is 5.73 Å². The number of methoxy groups -OCH3 is 1. The molecular formula is C17H35NO3. The molecule has 2 N–H and O–H groups in total. The Labute approximate surface area is 130 Å².